The summed E-state index contributed by atoms with van der Waals surface area (Å²) in [6, 6.07) is 0. The molecule has 0 aromatic rings. The highest BCUT2D eigenvalue weighted by molar-refractivity contribution is 7.99. The van der Waals surface area contributed by atoms with Crippen molar-refractivity contribution in [3.05, 3.63) is 0 Å². The van der Waals surface area contributed by atoms with Gasteiger partial charge in [-0.05, 0) is 19.1 Å². The average molecular weight is 118 g/mol. The molecule has 43 valence electrons. The minimum Gasteiger partial charge on any atom is -0.244 e. The summed E-state index contributed by atoms with van der Waals surface area (Å²) in [6.07, 6.45) is 1.19. The van der Waals surface area contributed by atoms with Crippen LogP contribution in [0.2, 0.25) is 0 Å². The fraction of sp³-hybridized carbons (Fsp3) is 1.00. The normalized spacial score (nSPS) is 14.1. The van der Waals surface area contributed by atoms with E-state index in [2.05, 4.69) is 6.92 Å². The van der Waals surface area contributed by atoms with Crippen LogP contribution < -0.4 is 5.73 Å². The molecule has 0 aliphatic carbocycles. The van der Waals surface area contributed by atoms with Crippen LogP contribution in [0.3, 0.4) is 0 Å². The Morgan fingerprint density at radius 1 is 1.71 bits per heavy atom. The van der Waals surface area contributed by atoms with E-state index in [0.717, 1.165) is 5.75 Å². The van der Waals surface area contributed by atoms with Gasteiger partial charge in [0.15, 0.2) is 0 Å². The van der Waals surface area contributed by atoms with E-state index in [1.807, 2.05) is 6.92 Å². The molecule has 0 aromatic carbocycles. The quantitative estimate of drug-likeness (QED) is 0.554. The van der Waals surface area contributed by atoms with E-state index in [4.69, 9.17) is 5.73 Å². The molecule has 0 rings (SSSR count). The first-order valence-corrected chi connectivity index (χ1v) is 3.65. The Bertz CT molecular complexity index is 37.1. The molecule has 1 N–H and O–H groups in total. The predicted octanol–water partition coefficient (Wildman–Crippen LogP) is 1.76. The van der Waals surface area contributed by atoms with Gasteiger partial charge in [0.25, 0.3) is 0 Å². The minimum absolute atomic E-state index is 0.0694. The number of nitrogens with one attached hydrogen (secondary N) is 1. The fourth-order valence-electron chi connectivity index (χ4n) is 0.295. The second kappa shape index (κ2) is 4.47. The summed E-state index contributed by atoms with van der Waals surface area (Å²) in [6.45, 7) is 4.04. The van der Waals surface area contributed by atoms with Crippen molar-refractivity contribution in [2.24, 2.45) is 0 Å². The van der Waals surface area contributed by atoms with Crippen molar-refractivity contribution in [2.75, 3.05) is 5.75 Å². The summed E-state index contributed by atoms with van der Waals surface area (Å²) < 4.78 is 0. The van der Waals surface area contributed by atoms with Crippen molar-refractivity contribution in [3.8, 4) is 0 Å². The first-order chi connectivity index (χ1) is 3.27. The SMILES string of the molecule is CCCSC(C)[NH]. The largest absolute Gasteiger partial charge is 0.244 e. The molecule has 0 aliphatic heterocycles. The Kier molecular flexibility index (Phi) is 4.67. The van der Waals surface area contributed by atoms with Crippen molar-refractivity contribution < 1.29 is 0 Å². The van der Waals surface area contributed by atoms with Crippen LogP contribution in [-0.2, 0) is 0 Å². The number of rotatable bonds is 3. The van der Waals surface area contributed by atoms with Gasteiger partial charge in [-0.1, -0.05) is 6.92 Å². The summed E-state index contributed by atoms with van der Waals surface area (Å²) in [7, 11) is 0. The van der Waals surface area contributed by atoms with Crippen molar-refractivity contribution in [2.45, 2.75) is 25.6 Å². The summed E-state index contributed by atoms with van der Waals surface area (Å²) in [4.78, 5) is 0. The molecule has 0 bridgehead atoms. The third kappa shape index (κ3) is 6.31. The molecule has 1 nitrogen and oxygen atoms in total. The zero-order chi connectivity index (χ0) is 5.70. The number of hydrogen-bond acceptors (Lipinski definition) is 1. The summed E-state index contributed by atoms with van der Waals surface area (Å²) in [5, 5.41) is 0.0694. The Balaban J connectivity index is 2.68. The van der Waals surface area contributed by atoms with Crippen molar-refractivity contribution in [1.29, 1.82) is 0 Å². The molecule has 0 amide bonds. The van der Waals surface area contributed by atoms with Crippen molar-refractivity contribution in [1.82, 2.24) is 5.73 Å². The monoisotopic (exact) mass is 118 g/mol. The second-order valence-corrected chi connectivity index (χ2v) is 2.96. The van der Waals surface area contributed by atoms with Gasteiger partial charge >= 0.3 is 0 Å². The van der Waals surface area contributed by atoms with Gasteiger partial charge < -0.3 is 0 Å². The smallest absolute Gasteiger partial charge is 0.0638 e. The van der Waals surface area contributed by atoms with Crippen LogP contribution in [0.15, 0.2) is 0 Å². The Labute approximate surface area is 49.7 Å². The maximum atomic E-state index is 7.04. The van der Waals surface area contributed by atoms with E-state index in [1.54, 1.807) is 11.8 Å². The molecule has 1 unspecified atom stereocenters. The molecule has 2 heteroatoms. The Morgan fingerprint density at radius 2 is 2.29 bits per heavy atom. The molecule has 0 aromatic heterocycles. The van der Waals surface area contributed by atoms with Crippen LogP contribution in [0.4, 0.5) is 0 Å². The van der Waals surface area contributed by atoms with Crippen LogP contribution in [0.25, 0.3) is 0 Å². The lowest BCUT2D eigenvalue weighted by Crippen LogP contribution is -1.95. The van der Waals surface area contributed by atoms with Crippen LogP contribution in [0.5, 0.6) is 0 Å². The molecule has 7 heavy (non-hydrogen) atoms. The zero-order valence-corrected chi connectivity index (χ0v) is 5.72. The third-order valence-electron chi connectivity index (χ3n) is 0.572. The molecular weight excluding hydrogens is 106 g/mol. The molecule has 0 heterocycles. The lowest BCUT2D eigenvalue weighted by atomic mass is 10.6. The third-order valence-corrected chi connectivity index (χ3v) is 1.72. The molecule has 1 atom stereocenters. The van der Waals surface area contributed by atoms with Gasteiger partial charge in [-0.3, -0.25) is 0 Å². The van der Waals surface area contributed by atoms with Gasteiger partial charge in [0.2, 0.25) is 0 Å². The summed E-state index contributed by atoms with van der Waals surface area (Å²) in [5.41, 5.74) is 7.04. The molecule has 0 saturated carbocycles. The molecular formula is C5H12NS. The van der Waals surface area contributed by atoms with Crippen molar-refractivity contribution in [3.63, 3.8) is 0 Å². The van der Waals surface area contributed by atoms with Gasteiger partial charge in [-0.25, -0.2) is 5.73 Å². The minimum atomic E-state index is 0.0694. The van der Waals surface area contributed by atoms with E-state index in [9.17, 15) is 0 Å². The standard InChI is InChI=1S/C5H12NS/c1-3-4-7-5(2)6/h5-6H,3-4H2,1-2H3. The Hall–Kier alpha value is 0.310. The highest BCUT2D eigenvalue weighted by Crippen LogP contribution is 2.05. The van der Waals surface area contributed by atoms with E-state index in [-0.39, 0.29) is 5.37 Å². The maximum Gasteiger partial charge on any atom is 0.0638 e. The topological polar surface area (TPSA) is 23.8 Å². The van der Waals surface area contributed by atoms with Gasteiger partial charge in [0.05, 0.1) is 5.37 Å². The second-order valence-electron chi connectivity index (χ2n) is 1.51. The van der Waals surface area contributed by atoms with Gasteiger partial charge in [0.1, 0.15) is 0 Å². The molecule has 0 fully saturated rings. The van der Waals surface area contributed by atoms with Crippen molar-refractivity contribution >= 4 is 11.8 Å². The summed E-state index contributed by atoms with van der Waals surface area (Å²) >= 11 is 1.70. The number of hydrogen-bond donors (Lipinski definition) is 0. The van der Waals surface area contributed by atoms with Gasteiger partial charge in [-0.15, -0.1) is 11.8 Å². The molecule has 0 spiro atoms. The lowest BCUT2D eigenvalue weighted by molar-refractivity contribution is 0.991. The highest BCUT2D eigenvalue weighted by atomic mass is 32.2. The average Bonchev–Trinajstić information content (AvgIpc) is 1.61. The van der Waals surface area contributed by atoms with Crippen LogP contribution in [0.1, 0.15) is 20.3 Å². The first-order valence-electron chi connectivity index (χ1n) is 2.60. The van der Waals surface area contributed by atoms with E-state index in [1.165, 1.54) is 6.42 Å². The zero-order valence-electron chi connectivity index (χ0n) is 4.90. The maximum absolute atomic E-state index is 7.04. The molecule has 0 saturated heterocycles. The molecule has 1 radical (unpaired) electrons. The van der Waals surface area contributed by atoms with E-state index >= 15 is 0 Å². The summed E-state index contributed by atoms with van der Waals surface area (Å²) in [5.74, 6) is 1.13. The van der Waals surface area contributed by atoms with Crippen LogP contribution >= 0.6 is 11.8 Å². The predicted molar refractivity (Wildman–Crippen MR) is 35.3 cm³/mol. The van der Waals surface area contributed by atoms with Gasteiger partial charge in [0, 0.05) is 0 Å². The van der Waals surface area contributed by atoms with Crippen LogP contribution in [-0.4, -0.2) is 11.1 Å². The number of thioether (sulfide) groups is 1. The van der Waals surface area contributed by atoms with E-state index < -0.39 is 0 Å². The first kappa shape index (κ1) is 7.31. The Morgan fingerprint density at radius 3 is 2.43 bits per heavy atom. The molecule has 0 aliphatic rings. The van der Waals surface area contributed by atoms with Gasteiger partial charge in [-0.2, -0.15) is 0 Å². The van der Waals surface area contributed by atoms with Crippen LogP contribution in [0, 0.1) is 0 Å². The van der Waals surface area contributed by atoms with E-state index in [0.29, 0.717) is 0 Å². The lowest BCUT2D eigenvalue weighted by Gasteiger charge is -1.98. The highest BCUT2D eigenvalue weighted by Gasteiger charge is 1.89. The fourth-order valence-corrected chi connectivity index (χ4v) is 0.884.